The molecule has 25 heavy (non-hydrogen) atoms. The second kappa shape index (κ2) is 6.37. The zero-order chi connectivity index (χ0) is 18.2. The van der Waals surface area contributed by atoms with Gasteiger partial charge in [0.05, 0.1) is 0 Å². The van der Waals surface area contributed by atoms with E-state index in [2.05, 4.69) is 4.98 Å². The van der Waals surface area contributed by atoms with Gasteiger partial charge in [-0.1, -0.05) is 18.2 Å². The predicted octanol–water partition coefficient (Wildman–Crippen LogP) is 1.94. The molecule has 8 heteroatoms. The third-order valence-electron chi connectivity index (χ3n) is 3.90. The van der Waals surface area contributed by atoms with Crippen molar-refractivity contribution in [2.45, 2.75) is 12.8 Å². The average Bonchev–Trinajstić information content (AvgIpc) is 2.55. The number of hydrogen-bond acceptors (Lipinski definition) is 5. The molecule has 0 amide bonds. The van der Waals surface area contributed by atoms with Crippen molar-refractivity contribution in [2.24, 2.45) is 0 Å². The molecule has 0 aliphatic rings. The average molecular weight is 361 g/mol. The summed E-state index contributed by atoms with van der Waals surface area (Å²) in [6, 6.07) is 10.7. The fourth-order valence-electron chi connectivity index (χ4n) is 2.57. The van der Waals surface area contributed by atoms with Gasteiger partial charge in [-0.05, 0) is 42.7 Å². The van der Waals surface area contributed by atoms with Crippen molar-refractivity contribution in [3.8, 4) is 17.2 Å². The molecular formula is C17H16NO6P. The number of pyridine rings is 1. The molecule has 3 aromatic rings. The van der Waals surface area contributed by atoms with Gasteiger partial charge in [0.1, 0.15) is 10.8 Å². The highest BCUT2D eigenvalue weighted by molar-refractivity contribution is 7.60. The van der Waals surface area contributed by atoms with Gasteiger partial charge in [-0.15, -0.1) is 0 Å². The highest BCUT2D eigenvalue weighted by atomic mass is 31.2. The van der Waals surface area contributed by atoms with Crippen LogP contribution in [0.4, 0.5) is 0 Å². The number of phenols is 3. The number of fused-ring (bicyclic) bond motifs is 1. The number of aryl methyl sites for hydroxylation is 2. The molecule has 0 radical (unpaired) electrons. The van der Waals surface area contributed by atoms with Gasteiger partial charge in [-0.25, -0.2) is 4.98 Å². The van der Waals surface area contributed by atoms with Gasteiger partial charge in [0.2, 0.25) is 0 Å². The van der Waals surface area contributed by atoms with Crippen LogP contribution in [0.3, 0.4) is 0 Å². The zero-order valence-corrected chi connectivity index (χ0v) is 13.9. The van der Waals surface area contributed by atoms with Gasteiger partial charge >= 0.3 is 7.60 Å². The number of aromatic hydroxyl groups is 3. The SMILES string of the molecule is O=P(O)(O)c1ccc2ccc(CCc3ccc(O)c(O)c3)nc2c1O. The standard InChI is InChI=1S/C17H16NO6P/c19-13-7-2-10(9-14(13)20)1-5-12-6-3-11-4-8-15(25(22,23)24)17(21)16(11)18-12/h2-4,6-9,19-21H,1,5H2,(H2,22,23,24). The van der Waals surface area contributed by atoms with Gasteiger partial charge < -0.3 is 25.1 Å². The molecule has 2 aromatic carbocycles. The molecule has 0 spiro atoms. The highest BCUT2D eigenvalue weighted by Crippen LogP contribution is 2.39. The molecule has 0 atom stereocenters. The molecule has 0 aliphatic carbocycles. The minimum Gasteiger partial charge on any atom is -0.505 e. The molecule has 7 nitrogen and oxygen atoms in total. The summed E-state index contributed by atoms with van der Waals surface area (Å²) in [5, 5.41) is 29.1. The van der Waals surface area contributed by atoms with Crippen molar-refractivity contribution in [1.82, 2.24) is 4.98 Å². The Morgan fingerprint density at radius 3 is 2.28 bits per heavy atom. The number of nitrogens with zero attached hydrogens (tertiary/aromatic N) is 1. The number of benzene rings is 2. The fourth-order valence-corrected chi connectivity index (χ4v) is 3.23. The van der Waals surface area contributed by atoms with Crippen LogP contribution in [0.25, 0.3) is 10.9 Å². The summed E-state index contributed by atoms with van der Waals surface area (Å²) in [6.45, 7) is 0. The second-order valence-corrected chi connectivity index (χ2v) is 7.24. The topological polar surface area (TPSA) is 131 Å². The molecule has 1 heterocycles. The lowest BCUT2D eigenvalue weighted by atomic mass is 10.1. The molecule has 130 valence electrons. The van der Waals surface area contributed by atoms with Crippen LogP contribution in [-0.4, -0.2) is 30.1 Å². The first-order chi connectivity index (χ1) is 11.8. The van der Waals surface area contributed by atoms with Crippen LogP contribution in [0, 0.1) is 0 Å². The maximum Gasteiger partial charge on any atom is 0.360 e. The highest BCUT2D eigenvalue weighted by Gasteiger charge is 2.23. The molecule has 0 saturated heterocycles. The lowest BCUT2D eigenvalue weighted by Crippen LogP contribution is -2.05. The van der Waals surface area contributed by atoms with Crippen molar-refractivity contribution in [3.63, 3.8) is 0 Å². The van der Waals surface area contributed by atoms with Gasteiger partial charge in [-0.2, -0.15) is 0 Å². The zero-order valence-electron chi connectivity index (χ0n) is 13.0. The van der Waals surface area contributed by atoms with Crippen LogP contribution in [-0.2, 0) is 17.4 Å². The van der Waals surface area contributed by atoms with Gasteiger partial charge in [0.25, 0.3) is 0 Å². The Kier molecular flexibility index (Phi) is 4.39. The van der Waals surface area contributed by atoms with Crippen LogP contribution in [0.5, 0.6) is 17.2 Å². The maximum absolute atomic E-state index is 11.4. The van der Waals surface area contributed by atoms with Crippen molar-refractivity contribution in [2.75, 3.05) is 0 Å². The Hall–Kier alpha value is -2.60. The Balaban J connectivity index is 1.91. The summed E-state index contributed by atoms with van der Waals surface area (Å²) in [5.74, 6) is -0.912. The Morgan fingerprint density at radius 1 is 0.880 bits per heavy atom. The normalized spacial score (nSPS) is 11.8. The number of hydrogen-bond donors (Lipinski definition) is 5. The first-order valence-electron chi connectivity index (χ1n) is 7.44. The monoisotopic (exact) mass is 361 g/mol. The molecule has 0 saturated carbocycles. The maximum atomic E-state index is 11.4. The molecule has 5 N–H and O–H groups in total. The Morgan fingerprint density at radius 2 is 1.60 bits per heavy atom. The number of aromatic nitrogens is 1. The third kappa shape index (κ3) is 3.58. The van der Waals surface area contributed by atoms with E-state index in [1.54, 1.807) is 18.2 Å². The third-order valence-corrected chi connectivity index (χ3v) is 4.88. The van der Waals surface area contributed by atoms with E-state index in [0.29, 0.717) is 23.9 Å². The van der Waals surface area contributed by atoms with Crippen molar-refractivity contribution in [3.05, 3.63) is 53.7 Å². The molecule has 1 aromatic heterocycles. The van der Waals surface area contributed by atoms with Gasteiger partial charge in [-0.3, -0.25) is 4.57 Å². The van der Waals surface area contributed by atoms with E-state index in [0.717, 1.165) is 5.56 Å². The lowest BCUT2D eigenvalue weighted by molar-refractivity contribution is 0.385. The minimum absolute atomic E-state index is 0.131. The second-order valence-electron chi connectivity index (χ2n) is 5.67. The molecule has 0 fully saturated rings. The molecule has 3 rings (SSSR count). The van der Waals surface area contributed by atoms with Crippen molar-refractivity contribution in [1.29, 1.82) is 0 Å². The number of phenolic OH excluding ortho intramolecular Hbond substituents is 3. The van der Waals surface area contributed by atoms with Crippen LogP contribution < -0.4 is 5.30 Å². The van der Waals surface area contributed by atoms with Gasteiger partial charge in [0.15, 0.2) is 17.2 Å². The summed E-state index contributed by atoms with van der Waals surface area (Å²) in [6.07, 6.45) is 1.02. The number of rotatable bonds is 4. The first-order valence-corrected chi connectivity index (χ1v) is 9.05. The molecule has 0 unspecified atom stereocenters. The Bertz CT molecular complexity index is 998. The summed E-state index contributed by atoms with van der Waals surface area (Å²) < 4.78 is 11.4. The van der Waals surface area contributed by atoms with Gasteiger partial charge in [0, 0.05) is 11.1 Å². The minimum atomic E-state index is -4.59. The Labute approximate surface area is 143 Å². The molecule has 0 bridgehead atoms. The first kappa shape index (κ1) is 17.2. The largest absolute Gasteiger partial charge is 0.505 e. The van der Waals surface area contributed by atoms with E-state index >= 15 is 0 Å². The summed E-state index contributed by atoms with van der Waals surface area (Å²) >= 11 is 0. The lowest BCUT2D eigenvalue weighted by Gasteiger charge is -2.10. The van der Waals surface area contributed by atoms with E-state index < -0.39 is 18.6 Å². The van der Waals surface area contributed by atoms with Crippen LogP contribution in [0.1, 0.15) is 11.3 Å². The van der Waals surface area contributed by atoms with E-state index in [1.165, 1.54) is 24.3 Å². The van der Waals surface area contributed by atoms with Crippen LogP contribution >= 0.6 is 7.60 Å². The van der Waals surface area contributed by atoms with E-state index in [9.17, 15) is 29.7 Å². The fraction of sp³-hybridized carbons (Fsp3) is 0.118. The van der Waals surface area contributed by atoms with Crippen LogP contribution in [0.2, 0.25) is 0 Å². The van der Waals surface area contributed by atoms with Crippen LogP contribution in [0.15, 0.2) is 42.5 Å². The van der Waals surface area contributed by atoms with E-state index in [-0.39, 0.29) is 17.0 Å². The van der Waals surface area contributed by atoms with Crippen molar-refractivity contribution < 1.29 is 29.7 Å². The summed E-state index contributed by atoms with van der Waals surface area (Å²) in [7, 11) is -4.59. The molecule has 0 aliphatic heterocycles. The smallest absolute Gasteiger partial charge is 0.360 e. The summed E-state index contributed by atoms with van der Waals surface area (Å²) in [4.78, 5) is 22.9. The van der Waals surface area contributed by atoms with Crippen molar-refractivity contribution >= 4 is 23.8 Å². The quantitative estimate of drug-likeness (QED) is 0.354. The van der Waals surface area contributed by atoms with E-state index in [4.69, 9.17) is 0 Å². The summed E-state index contributed by atoms with van der Waals surface area (Å²) in [5.41, 5.74) is 1.55. The predicted molar refractivity (Wildman–Crippen MR) is 92.3 cm³/mol. The van der Waals surface area contributed by atoms with E-state index in [1.807, 2.05) is 0 Å². The molecular weight excluding hydrogens is 345 g/mol.